The highest BCUT2D eigenvalue weighted by molar-refractivity contribution is 9.10. The van der Waals surface area contributed by atoms with Gasteiger partial charge in [0.25, 0.3) is 0 Å². The standard InChI is InChI=1S/C9H15BrN2S/c1-11-8(6-12(2)3)9-7(10)4-5-13-9/h4-5,8,11H,6H2,1-3H3. The first kappa shape index (κ1) is 11.2. The van der Waals surface area contributed by atoms with Crippen molar-refractivity contribution in [2.75, 3.05) is 27.7 Å². The van der Waals surface area contributed by atoms with Crippen molar-refractivity contribution in [2.24, 2.45) is 0 Å². The summed E-state index contributed by atoms with van der Waals surface area (Å²) < 4.78 is 1.21. The van der Waals surface area contributed by atoms with E-state index in [1.165, 1.54) is 9.35 Å². The molecule has 1 aromatic heterocycles. The van der Waals surface area contributed by atoms with E-state index in [1.807, 2.05) is 7.05 Å². The Morgan fingerprint density at radius 2 is 2.31 bits per heavy atom. The van der Waals surface area contributed by atoms with Crippen LogP contribution in [-0.2, 0) is 0 Å². The van der Waals surface area contributed by atoms with Crippen LogP contribution in [0.2, 0.25) is 0 Å². The lowest BCUT2D eigenvalue weighted by Crippen LogP contribution is -2.28. The average Bonchev–Trinajstić information content (AvgIpc) is 2.47. The van der Waals surface area contributed by atoms with Gasteiger partial charge in [0, 0.05) is 15.9 Å². The van der Waals surface area contributed by atoms with E-state index in [9.17, 15) is 0 Å². The van der Waals surface area contributed by atoms with Gasteiger partial charge in [-0.25, -0.2) is 0 Å². The second-order valence-electron chi connectivity index (χ2n) is 3.24. The van der Waals surface area contributed by atoms with E-state index in [-0.39, 0.29) is 0 Å². The molecule has 0 aromatic carbocycles. The molecule has 1 heterocycles. The lowest BCUT2D eigenvalue weighted by molar-refractivity contribution is 0.355. The van der Waals surface area contributed by atoms with Gasteiger partial charge < -0.3 is 10.2 Å². The Kier molecular flexibility index (Phi) is 4.38. The monoisotopic (exact) mass is 262 g/mol. The largest absolute Gasteiger partial charge is 0.311 e. The third-order valence-corrected chi connectivity index (χ3v) is 3.84. The summed E-state index contributed by atoms with van der Waals surface area (Å²) in [5, 5.41) is 5.43. The Labute approximate surface area is 92.1 Å². The van der Waals surface area contributed by atoms with Crippen LogP contribution in [0, 0.1) is 0 Å². The summed E-state index contributed by atoms with van der Waals surface area (Å²) >= 11 is 5.34. The molecular weight excluding hydrogens is 248 g/mol. The highest BCUT2D eigenvalue weighted by Crippen LogP contribution is 2.28. The first-order valence-electron chi connectivity index (χ1n) is 4.20. The van der Waals surface area contributed by atoms with Crippen LogP contribution < -0.4 is 5.32 Å². The van der Waals surface area contributed by atoms with Crippen molar-refractivity contribution in [1.82, 2.24) is 10.2 Å². The minimum absolute atomic E-state index is 0.421. The van der Waals surface area contributed by atoms with Gasteiger partial charge in [-0.2, -0.15) is 0 Å². The van der Waals surface area contributed by atoms with Crippen LogP contribution >= 0.6 is 27.3 Å². The zero-order valence-electron chi connectivity index (χ0n) is 8.17. The Morgan fingerprint density at radius 1 is 1.62 bits per heavy atom. The molecule has 74 valence electrons. The fourth-order valence-corrected chi connectivity index (χ4v) is 2.98. The quantitative estimate of drug-likeness (QED) is 0.897. The zero-order chi connectivity index (χ0) is 9.84. The molecule has 0 spiro atoms. The second kappa shape index (κ2) is 5.10. The molecular formula is C9H15BrN2S. The van der Waals surface area contributed by atoms with Crippen LogP contribution in [0.15, 0.2) is 15.9 Å². The molecule has 0 aliphatic rings. The van der Waals surface area contributed by atoms with Gasteiger partial charge in [-0.1, -0.05) is 0 Å². The van der Waals surface area contributed by atoms with Crippen molar-refractivity contribution < 1.29 is 0 Å². The first-order chi connectivity index (χ1) is 6.15. The van der Waals surface area contributed by atoms with Crippen molar-refractivity contribution in [1.29, 1.82) is 0 Å². The Hall–Kier alpha value is 0.100. The molecule has 13 heavy (non-hydrogen) atoms. The number of halogens is 1. The van der Waals surface area contributed by atoms with Crippen molar-refractivity contribution in [3.05, 3.63) is 20.8 Å². The van der Waals surface area contributed by atoms with Gasteiger partial charge in [-0.05, 0) is 48.5 Å². The fraction of sp³-hybridized carbons (Fsp3) is 0.556. The smallest absolute Gasteiger partial charge is 0.0552 e. The predicted octanol–water partition coefficient (Wildman–Crippen LogP) is 2.33. The van der Waals surface area contributed by atoms with Crippen LogP contribution in [0.5, 0.6) is 0 Å². The molecule has 0 aliphatic carbocycles. The van der Waals surface area contributed by atoms with Crippen LogP contribution in [-0.4, -0.2) is 32.6 Å². The minimum Gasteiger partial charge on any atom is -0.311 e. The van der Waals surface area contributed by atoms with E-state index in [0.717, 1.165) is 6.54 Å². The van der Waals surface area contributed by atoms with Gasteiger partial charge >= 0.3 is 0 Å². The number of thiophene rings is 1. The van der Waals surface area contributed by atoms with Gasteiger partial charge in [-0.3, -0.25) is 0 Å². The maximum Gasteiger partial charge on any atom is 0.0552 e. The molecule has 1 rings (SSSR count). The fourth-order valence-electron chi connectivity index (χ4n) is 1.22. The number of rotatable bonds is 4. The molecule has 1 N–H and O–H groups in total. The van der Waals surface area contributed by atoms with Gasteiger partial charge in [-0.15, -0.1) is 11.3 Å². The van der Waals surface area contributed by atoms with Crippen molar-refractivity contribution >= 4 is 27.3 Å². The first-order valence-corrected chi connectivity index (χ1v) is 5.87. The third kappa shape index (κ3) is 3.06. The van der Waals surface area contributed by atoms with E-state index in [2.05, 4.69) is 51.7 Å². The molecule has 0 radical (unpaired) electrons. The number of nitrogens with one attached hydrogen (secondary N) is 1. The SMILES string of the molecule is CNC(CN(C)C)c1sccc1Br. The van der Waals surface area contributed by atoms with Gasteiger partial charge in [0.05, 0.1) is 6.04 Å². The van der Waals surface area contributed by atoms with Crippen LogP contribution in [0.1, 0.15) is 10.9 Å². The Bertz CT molecular complexity index is 260. The maximum atomic E-state index is 3.55. The van der Waals surface area contributed by atoms with Crippen molar-refractivity contribution in [3.8, 4) is 0 Å². The topological polar surface area (TPSA) is 15.3 Å². The predicted molar refractivity (Wildman–Crippen MR) is 62.4 cm³/mol. The molecule has 1 unspecified atom stereocenters. The molecule has 0 saturated carbocycles. The number of likely N-dealkylation sites (N-methyl/N-ethyl adjacent to an activating group) is 2. The molecule has 4 heteroatoms. The normalized spacial score (nSPS) is 13.6. The molecule has 0 saturated heterocycles. The molecule has 2 nitrogen and oxygen atoms in total. The highest BCUT2D eigenvalue weighted by Gasteiger charge is 2.14. The highest BCUT2D eigenvalue weighted by atomic mass is 79.9. The molecule has 0 bridgehead atoms. The van der Waals surface area contributed by atoms with Gasteiger partial charge in [0.2, 0.25) is 0 Å². The summed E-state index contributed by atoms with van der Waals surface area (Å²) in [5.74, 6) is 0. The number of nitrogens with zero attached hydrogens (tertiary/aromatic N) is 1. The molecule has 0 aliphatic heterocycles. The van der Waals surface area contributed by atoms with E-state index in [4.69, 9.17) is 0 Å². The van der Waals surface area contributed by atoms with Crippen molar-refractivity contribution in [2.45, 2.75) is 6.04 Å². The molecule has 0 amide bonds. The summed E-state index contributed by atoms with van der Waals surface area (Å²) in [4.78, 5) is 3.56. The van der Waals surface area contributed by atoms with Gasteiger partial charge in [0.15, 0.2) is 0 Å². The summed E-state index contributed by atoms with van der Waals surface area (Å²) in [6.07, 6.45) is 0. The summed E-state index contributed by atoms with van der Waals surface area (Å²) in [7, 11) is 6.18. The summed E-state index contributed by atoms with van der Waals surface area (Å²) in [5.41, 5.74) is 0. The van der Waals surface area contributed by atoms with E-state index in [1.54, 1.807) is 11.3 Å². The molecule has 1 aromatic rings. The number of hydrogen-bond acceptors (Lipinski definition) is 3. The second-order valence-corrected chi connectivity index (χ2v) is 5.04. The van der Waals surface area contributed by atoms with Crippen LogP contribution in [0.4, 0.5) is 0 Å². The average molecular weight is 263 g/mol. The number of hydrogen-bond donors (Lipinski definition) is 1. The molecule has 0 fully saturated rings. The third-order valence-electron chi connectivity index (χ3n) is 1.86. The van der Waals surface area contributed by atoms with E-state index in [0.29, 0.717) is 6.04 Å². The maximum absolute atomic E-state index is 3.55. The lowest BCUT2D eigenvalue weighted by Gasteiger charge is -2.19. The summed E-state index contributed by atoms with van der Waals surface area (Å²) in [6.45, 7) is 1.02. The van der Waals surface area contributed by atoms with Crippen LogP contribution in [0.25, 0.3) is 0 Å². The minimum atomic E-state index is 0.421. The van der Waals surface area contributed by atoms with Gasteiger partial charge in [0.1, 0.15) is 0 Å². The zero-order valence-corrected chi connectivity index (χ0v) is 10.6. The van der Waals surface area contributed by atoms with E-state index < -0.39 is 0 Å². The molecule has 1 atom stereocenters. The van der Waals surface area contributed by atoms with Crippen molar-refractivity contribution in [3.63, 3.8) is 0 Å². The Balaban J connectivity index is 2.72. The van der Waals surface area contributed by atoms with E-state index >= 15 is 0 Å². The Morgan fingerprint density at radius 3 is 2.69 bits per heavy atom. The lowest BCUT2D eigenvalue weighted by atomic mass is 10.2. The summed E-state index contributed by atoms with van der Waals surface area (Å²) in [6, 6.07) is 2.52. The van der Waals surface area contributed by atoms with Crippen LogP contribution in [0.3, 0.4) is 0 Å².